The van der Waals surface area contributed by atoms with Gasteiger partial charge in [0.05, 0.1) is 0 Å². The van der Waals surface area contributed by atoms with Gasteiger partial charge in [0.15, 0.2) is 0 Å². The van der Waals surface area contributed by atoms with Crippen LogP contribution in [0.2, 0.25) is 0 Å². The predicted molar refractivity (Wildman–Crippen MR) is 73.9 cm³/mol. The molecule has 0 spiro atoms. The van der Waals surface area contributed by atoms with E-state index in [-0.39, 0.29) is 0 Å². The van der Waals surface area contributed by atoms with Crippen molar-refractivity contribution in [3.63, 3.8) is 0 Å². The lowest BCUT2D eigenvalue weighted by Crippen LogP contribution is -2.38. The molecule has 1 N–H and O–H groups in total. The topological polar surface area (TPSA) is 15.3 Å². The van der Waals surface area contributed by atoms with Crippen molar-refractivity contribution in [1.29, 1.82) is 0 Å². The molecule has 16 heavy (non-hydrogen) atoms. The zero-order valence-corrected chi connectivity index (χ0v) is 11.5. The summed E-state index contributed by atoms with van der Waals surface area (Å²) in [4.78, 5) is 2.27. The maximum absolute atomic E-state index is 3.75. The smallest absolute Gasteiger partial charge is 0.0194 e. The van der Waals surface area contributed by atoms with Gasteiger partial charge in [0.25, 0.3) is 0 Å². The predicted octanol–water partition coefficient (Wildman–Crippen LogP) is 3.05. The third-order valence-electron chi connectivity index (χ3n) is 2.73. The monoisotopic (exact) mass is 226 g/mol. The Morgan fingerprint density at radius 3 is 2.56 bits per heavy atom. The molecule has 0 aliphatic rings. The number of hydrogen-bond acceptors (Lipinski definition) is 2. The van der Waals surface area contributed by atoms with E-state index in [1.165, 1.54) is 38.5 Å². The van der Waals surface area contributed by atoms with Crippen molar-refractivity contribution in [2.24, 2.45) is 0 Å². The molecule has 0 aliphatic carbocycles. The molecule has 1 unspecified atom stereocenters. The first-order valence-corrected chi connectivity index (χ1v) is 6.69. The Kier molecular flexibility index (Phi) is 10.9. The van der Waals surface area contributed by atoms with E-state index in [0.717, 1.165) is 13.1 Å². The number of rotatable bonds is 11. The molecule has 0 aromatic heterocycles. The summed E-state index contributed by atoms with van der Waals surface area (Å²) in [6.07, 6.45) is 9.68. The van der Waals surface area contributed by atoms with Gasteiger partial charge in [0.1, 0.15) is 0 Å². The average Bonchev–Trinajstić information content (AvgIpc) is 2.24. The minimum atomic E-state index is 0.665. The molecule has 96 valence electrons. The number of hydrogen-bond donors (Lipinski definition) is 1. The minimum absolute atomic E-state index is 0.665. The number of allylic oxidation sites excluding steroid dienone is 1. The van der Waals surface area contributed by atoms with Crippen LogP contribution in [-0.4, -0.2) is 38.1 Å². The first-order valence-electron chi connectivity index (χ1n) is 6.69. The van der Waals surface area contributed by atoms with Crippen molar-refractivity contribution in [1.82, 2.24) is 10.2 Å². The molecule has 0 saturated carbocycles. The molecule has 0 heterocycles. The zero-order valence-electron chi connectivity index (χ0n) is 11.5. The minimum Gasteiger partial charge on any atom is -0.313 e. The van der Waals surface area contributed by atoms with Crippen molar-refractivity contribution >= 4 is 0 Å². The quantitative estimate of drug-likeness (QED) is 0.430. The van der Waals surface area contributed by atoms with Crippen molar-refractivity contribution < 1.29 is 0 Å². The highest BCUT2D eigenvalue weighted by Gasteiger charge is 2.07. The van der Waals surface area contributed by atoms with Crippen LogP contribution in [0.3, 0.4) is 0 Å². The van der Waals surface area contributed by atoms with Crippen LogP contribution in [0.4, 0.5) is 0 Å². The number of nitrogens with zero attached hydrogens (tertiary/aromatic N) is 1. The highest BCUT2D eigenvalue weighted by atomic mass is 15.1. The fraction of sp³-hybridized carbons (Fsp3) is 0.857. The van der Waals surface area contributed by atoms with Gasteiger partial charge < -0.3 is 10.2 Å². The van der Waals surface area contributed by atoms with Crippen molar-refractivity contribution in [2.75, 3.05) is 27.2 Å². The molecule has 2 nitrogen and oxygen atoms in total. The van der Waals surface area contributed by atoms with E-state index in [9.17, 15) is 0 Å². The zero-order chi connectivity index (χ0) is 12.2. The molecule has 0 radical (unpaired) electrons. The Bertz CT molecular complexity index is 155. The Morgan fingerprint density at radius 2 is 2.00 bits per heavy atom. The molecule has 0 aliphatic heterocycles. The molecule has 0 rings (SSSR count). The van der Waals surface area contributed by atoms with E-state index in [1.807, 2.05) is 6.08 Å². The summed E-state index contributed by atoms with van der Waals surface area (Å²) in [5.74, 6) is 0. The van der Waals surface area contributed by atoms with Crippen LogP contribution in [0.25, 0.3) is 0 Å². The molecule has 0 amide bonds. The molecular formula is C14H30N2. The summed E-state index contributed by atoms with van der Waals surface area (Å²) in [6.45, 7) is 8.28. The van der Waals surface area contributed by atoms with Gasteiger partial charge in [-0.25, -0.2) is 0 Å². The Labute approximate surface area is 102 Å². The lowest BCUT2D eigenvalue weighted by atomic mass is 10.1. The number of unbranched alkanes of at least 4 members (excludes halogenated alkanes) is 3. The van der Waals surface area contributed by atoms with Crippen LogP contribution in [-0.2, 0) is 0 Å². The van der Waals surface area contributed by atoms with Crippen LogP contribution in [0.5, 0.6) is 0 Å². The van der Waals surface area contributed by atoms with E-state index in [2.05, 4.69) is 37.8 Å². The Balaban J connectivity index is 3.60. The fourth-order valence-corrected chi connectivity index (χ4v) is 1.90. The summed E-state index contributed by atoms with van der Waals surface area (Å²) in [7, 11) is 4.30. The van der Waals surface area contributed by atoms with Crippen LogP contribution in [0, 0.1) is 0 Å². The van der Waals surface area contributed by atoms with E-state index in [4.69, 9.17) is 0 Å². The molecule has 1 atom stereocenters. The summed E-state index contributed by atoms with van der Waals surface area (Å²) >= 11 is 0. The Hall–Kier alpha value is -0.340. The highest BCUT2D eigenvalue weighted by molar-refractivity contribution is 4.70. The maximum Gasteiger partial charge on any atom is 0.0194 e. The molecule has 0 aromatic carbocycles. The van der Waals surface area contributed by atoms with Gasteiger partial charge in [0, 0.05) is 12.6 Å². The largest absolute Gasteiger partial charge is 0.313 e. The summed E-state index contributed by atoms with van der Waals surface area (Å²) < 4.78 is 0. The summed E-state index contributed by atoms with van der Waals surface area (Å²) in [5.41, 5.74) is 0. The molecule has 0 fully saturated rings. The third-order valence-corrected chi connectivity index (χ3v) is 2.73. The second-order valence-corrected chi connectivity index (χ2v) is 4.84. The average molecular weight is 226 g/mol. The van der Waals surface area contributed by atoms with Gasteiger partial charge in [-0.3, -0.25) is 0 Å². The van der Waals surface area contributed by atoms with Crippen molar-refractivity contribution in [3.8, 4) is 0 Å². The lowest BCUT2D eigenvalue weighted by molar-refractivity contribution is 0.321. The molecule has 0 aromatic rings. The van der Waals surface area contributed by atoms with Crippen LogP contribution in [0.1, 0.15) is 45.4 Å². The molecule has 0 saturated heterocycles. The van der Waals surface area contributed by atoms with Gasteiger partial charge >= 0.3 is 0 Å². The normalized spacial score (nSPS) is 13.0. The number of likely N-dealkylation sites (N-methyl/N-ethyl adjacent to an activating group) is 1. The first kappa shape index (κ1) is 15.7. The second-order valence-electron chi connectivity index (χ2n) is 4.84. The van der Waals surface area contributed by atoms with Crippen molar-refractivity contribution in [2.45, 2.75) is 51.5 Å². The third kappa shape index (κ3) is 10.2. The number of nitrogens with one attached hydrogen (secondary N) is 1. The van der Waals surface area contributed by atoms with Gasteiger partial charge in [-0.05, 0) is 46.3 Å². The SMILES string of the molecule is C=CCCCCCC(CN(C)C)NCCC. The molecular weight excluding hydrogens is 196 g/mol. The van der Waals surface area contributed by atoms with E-state index >= 15 is 0 Å². The lowest BCUT2D eigenvalue weighted by Gasteiger charge is -2.22. The first-order chi connectivity index (χ1) is 7.70. The van der Waals surface area contributed by atoms with Gasteiger partial charge in [-0.2, -0.15) is 0 Å². The maximum atomic E-state index is 3.75. The second kappa shape index (κ2) is 11.2. The van der Waals surface area contributed by atoms with Crippen LogP contribution in [0.15, 0.2) is 12.7 Å². The van der Waals surface area contributed by atoms with Gasteiger partial charge in [-0.1, -0.05) is 25.8 Å². The highest BCUT2D eigenvalue weighted by Crippen LogP contribution is 2.07. The van der Waals surface area contributed by atoms with Crippen LogP contribution >= 0.6 is 0 Å². The van der Waals surface area contributed by atoms with E-state index in [0.29, 0.717) is 6.04 Å². The summed E-state index contributed by atoms with van der Waals surface area (Å²) in [6, 6.07) is 0.665. The fourth-order valence-electron chi connectivity index (χ4n) is 1.90. The van der Waals surface area contributed by atoms with Crippen LogP contribution < -0.4 is 5.32 Å². The van der Waals surface area contributed by atoms with Crippen molar-refractivity contribution in [3.05, 3.63) is 12.7 Å². The molecule has 0 bridgehead atoms. The van der Waals surface area contributed by atoms with E-state index < -0.39 is 0 Å². The van der Waals surface area contributed by atoms with E-state index in [1.54, 1.807) is 0 Å². The summed E-state index contributed by atoms with van der Waals surface area (Å²) in [5, 5.41) is 3.63. The standard InChI is InChI=1S/C14H30N2/c1-5-7-8-9-10-11-14(13-16(3)4)15-12-6-2/h5,14-15H,1,6-13H2,2-4H3. The Morgan fingerprint density at radius 1 is 1.25 bits per heavy atom. The van der Waals surface area contributed by atoms with Gasteiger partial charge in [-0.15, -0.1) is 6.58 Å². The molecule has 2 heteroatoms. The van der Waals surface area contributed by atoms with Gasteiger partial charge in [0.2, 0.25) is 0 Å².